The Hall–Kier alpha value is -2.94. The highest BCUT2D eigenvalue weighted by Crippen LogP contribution is 2.35. The van der Waals surface area contributed by atoms with Gasteiger partial charge in [0.2, 0.25) is 0 Å². The molecule has 0 aliphatic rings. The van der Waals surface area contributed by atoms with Crippen LogP contribution in [0.25, 0.3) is 20.2 Å². The molecule has 4 rings (SSSR count). The third kappa shape index (κ3) is 6.50. The predicted molar refractivity (Wildman–Crippen MR) is 158 cm³/mol. The van der Waals surface area contributed by atoms with Gasteiger partial charge in [0.25, 0.3) is 10.0 Å². The van der Waals surface area contributed by atoms with Crippen molar-refractivity contribution in [2.75, 3.05) is 36.2 Å². The van der Waals surface area contributed by atoms with E-state index in [2.05, 4.69) is 28.8 Å². The monoisotopic (exact) mass is 537 g/mol. The summed E-state index contributed by atoms with van der Waals surface area (Å²) >= 11 is 1.43. The molecule has 6 nitrogen and oxygen atoms in total. The summed E-state index contributed by atoms with van der Waals surface area (Å²) in [5.74, 6) is 0. The Labute approximate surface area is 223 Å². The Bertz CT molecular complexity index is 1490. The maximum Gasteiger partial charge on any atom is 0.261 e. The predicted octanol–water partition coefficient (Wildman–Crippen LogP) is 6.53. The first-order valence-electron chi connectivity index (χ1n) is 13.0. The number of hydrogen-bond acceptors (Lipinski definition) is 6. The first-order chi connectivity index (χ1) is 17.9. The van der Waals surface area contributed by atoms with Crippen molar-refractivity contribution in [3.63, 3.8) is 0 Å². The second kappa shape index (κ2) is 12.5. The first kappa shape index (κ1) is 27.1. The van der Waals surface area contributed by atoms with Gasteiger partial charge in [0.1, 0.15) is 0 Å². The molecule has 2 N–H and O–H groups in total. The molecule has 0 radical (unpaired) electrons. The molecule has 3 aromatic carbocycles. The highest BCUT2D eigenvalue weighted by molar-refractivity contribution is 7.92. The van der Waals surface area contributed by atoms with Crippen molar-refractivity contribution in [3.05, 3.63) is 77.0 Å². The molecular formula is C29H35N3O3S2. The lowest BCUT2D eigenvalue weighted by Crippen LogP contribution is -2.31. The third-order valence-corrected chi connectivity index (χ3v) is 9.01. The molecular weight excluding hydrogens is 502 g/mol. The van der Waals surface area contributed by atoms with Crippen LogP contribution in [0.1, 0.15) is 39.5 Å². The highest BCUT2D eigenvalue weighted by atomic mass is 32.2. The maximum atomic E-state index is 13.7. The molecule has 196 valence electrons. The molecule has 37 heavy (non-hydrogen) atoms. The largest absolute Gasteiger partial charge is 0.383 e. The van der Waals surface area contributed by atoms with Gasteiger partial charge in [-0.25, -0.2) is 8.42 Å². The van der Waals surface area contributed by atoms with Gasteiger partial charge in [-0.05, 0) is 62.3 Å². The van der Waals surface area contributed by atoms with Crippen molar-refractivity contribution in [1.82, 2.24) is 4.90 Å². The molecule has 0 unspecified atom stereocenters. The van der Waals surface area contributed by atoms with E-state index in [1.165, 1.54) is 24.2 Å². The zero-order valence-electron chi connectivity index (χ0n) is 21.5. The van der Waals surface area contributed by atoms with Crippen molar-refractivity contribution in [2.45, 2.75) is 44.4 Å². The normalized spacial score (nSPS) is 11.9. The van der Waals surface area contributed by atoms with Crippen molar-refractivity contribution in [3.8, 4) is 0 Å². The number of rotatable bonds is 13. The average molecular weight is 538 g/mol. The van der Waals surface area contributed by atoms with Gasteiger partial charge in [-0.2, -0.15) is 0 Å². The molecule has 1 aromatic heterocycles. The minimum Gasteiger partial charge on any atom is -0.383 e. The number of benzene rings is 3. The van der Waals surface area contributed by atoms with E-state index in [4.69, 9.17) is 0 Å². The van der Waals surface area contributed by atoms with Crippen molar-refractivity contribution in [2.24, 2.45) is 0 Å². The fourth-order valence-electron chi connectivity index (χ4n) is 4.38. The Balaban J connectivity index is 1.70. The number of unbranched alkanes of at least 4 members (excludes halogenated alkanes) is 2. The molecule has 8 heteroatoms. The van der Waals surface area contributed by atoms with Crippen LogP contribution in [0, 0.1) is 0 Å². The summed E-state index contributed by atoms with van der Waals surface area (Å²) in [5, 5.41) is 4.64. The molecule has 0 aliphatic heterocycles. The lowest BCUT2D eigenvalue weighted by Gasteiger charge is -2.22. The van der Waals surface area contributed by atoms with Gasteiger partial charge in [0.15, 0.2) is 5.43 Å². The summed E-state index contributed by atoms with van der Waals surface area (Å²) in [4.78, 5) is 16.3. The smallest absolute Gasteiger partial charge is 0.261 e. The average Bonchev–Trinajstić information content (AvgIpc) is 2.91. The molecule has 0 spiro atoms. The van der Waals surface area contributed by atoms with E-state index >= 15 is 0 Å². The molecule has 4 aromatic rings. The number of nitrogens with one attached hydrogen (secondary N) is 2. The molecule has 0 saturated heterocycles. The number of nitrogens with zero attached hydrogens (tertiary/aromatic N) is 1. The van der Waals surface area contributed by atoms with Crippen LogP contribution in [-0.4, -0.2) is 39.5 Å². The van der Waals surface area contributed by atoms with Crippen LogP contribution in [0.15, 0.2) is 76.4 Å². The Morgan fingerprint density at radius 1 is 0.811 bits per heavy atom. The van der Waals surface area contributed by atoms with Crippen molar-refractivity contribution in [1.29, 1.82) is 0 Å². The van der Waals surface area contributed by atoms with E-state index in [1.54, 1.807) is 36.4 Å². The van der Waals surface area contributed by atoms with Crippen LogP contribution in [0.3, 0.4) is 0 Å². The molecule has 0 atom stereocenters. The summed E-state index contributed by atoms with van der Waals surface area (Å²) in [6, 6.07) is 19.3. The summed E-state index contributed by atoms with van der Waals surface area (Å²) in [6.07, 6.45) is 4.66. The van der Waals surface area contributed by atoms with E-state index in [-0.39, 0.29) is 10.3 Å². The molecule has 1 heterocycles. The highest BCUT2D eigenvalue weighted by Gasteiger charge is 2.19. The first-order valence-corrected chi connectivity index (χ1v) is 15.3. The van der Waals surface area contributed by atoms with E-state index in [9.17, 15) is 13.2 Å². The van der Waals surface area contributed by atoms with Crippen molar-refractivity contribution >= 4 is 52.9 Å². The van der Waals surface area contributed by atoms with Gasteiger partial charge in [-0.1, -0.05) is 57.0 Å². The zero-order valence-corrected chi connectivity index (χ0v) is 23.1. The van der Waals surface area contributed by atoms with E-state index < -0.39 is 10.0 Å². The minimum atomic E-state index is -3.80. The molecule has 0 aliphatic carbocycles. The lowest BCUT2D eigenvalue weighted by molar-refractivity contribution is 0.275. The number of sulfonamides is 1. The van der Waals surface area contributed by atoms with Crippen LogP contribution < -0.4 is 15.5 Å². The summed E-state index contributed by atoms with van der Waals surface area (Å²) < 4.78 is 30.4. The maximum absolute atomic E-state index is 13.7. The fourth-order valence-corrected chi connectivity index (χ4v) is 6.71. The number of anilines is 2. The lowest BCUT2D eigenvalue weighted by atomic mass is 10.1. The van der Waals surface area contributed by atoms with Crippen LogP contribution in [-0.2, 0) is 10.0 Å². The molecule has 0 fully saturated rings. The SMILES string of the molecule is CCCCN(CCCC)CCNc1ccc(NS(=O)(=O)c2ccccc2)c2sc3ccccc3c(=O)c12. The van der Waals surface area contributed by atoms with Crippen LogP contribution in [0.5, 0.6) is 0 Å². The van der Waals surface area contributed by atoms with E-state index in [1.807, 2.05) is 30.3 Å². The summed E-state index contributed by atoms with van der Waals surface area (Å²) in [5.41, 5.74) is 1.04. The van der Waals surface area contributed by atoms with Gasteiger partial charge in [-0.15, -0.1) is 11.3 Å². The number of hydrogen-bond donors (Lipinski definition) is 2. The zero-order chi connectivity index (χ0) is 26.3. The quantitative estimate of drug-likeness (QED) is 0.190. The summed E-state index contributed by atoms with van der Waals surface area (Å²) in [6.45, 7) is 8.13. The Morgan fingerprint density at radius 2 is 1.46 bits per heavy atom. The van der Waals surface area contributed by atoms with Gasteiger partial charge in [0.05, 0.1) is 20.7 Å². The van der Waals surface area contributed by atoms with Gasteiger partial charge < -0.3 is 10.2 Å². The van der Waals surface area contributed by atoms with Gasteiger partial charge in [-0.3, -0.25) is 9.52 Å². The van der Waals surface area contributed by atoms with Crippen LogP contribution in [0.2, 0.25) is 0 Å². The van der Waals surface area contributed by atoms with Crippen LogP contribution in [0.4, 0.5) is 11.4 Å². The van der Waals surface area contributed by atoms with E-state index in [0.29, 0.717) is 27.7 Å². The Morgan fingerprint density at radius 3 is 2.16 bits per heavy atom. The molecule has 0 saturated carbocycles. The number of fused-ring (bicyclic) bond motifs is 2. The Kier molecular flexibility index (Phi) is 9.18. The second-order valence-electron chi connectivity index (χ2n) is 9.19. The second-order valence-corrected chi connectivity index (χ2v) is 11.9. The molecule has 0 bridgehead atoms. The van der Waals surface area contributed by atoms with Crippen molar-refractivity contribution < 1.29 is 8.42 Å². The van der Waals surface area contributed by atoms with Gasteiger partial charge >= 0.3 is 0 Å². The third-order valence-electron chi connectivity index (χ3n) is 6.43. The standard InChI is InChI=1S/C29H35N3O3S2/c1-3-5-19-32(20-6-4-2)21-18-30-24-16-17-25(31-37(34,35)22-12-8-7-9-13-22)29-27(24)28(33)23-14-10-11-15-26(23)36-29/h7-17,30-31H,3-6,18-21H2,1-2H3. The minimum absolute atomic E-state index is 0.0959. The van der Waals surface area contributed by atoms with Crippen LogP contribution >= 0.6 is 11.3 Å². The fraction of sp³-hybridized carbons (Fsp3) is 0.345. The molecule has 0 amide bonds. The van der Waals surface area contributed by atoms with Gasteiger partial charge in [0, 0.05) is 28.9 Å². The topological polar surface area (TPSA) is 78.5 Å². The summed E-state index contributed by atoms with van der Waals surface area (Å²) in [7, 11) is -3.80. The van der Waals surface area contributed by atoms with E-state index in [0.717, 1.165) is 42.9 Å².